The number of furan rings is 1. The number of imidazole rings is 1. The van der Waals surface area contributed by atoms with E-state index in [9.17, 15) is 5.11 Å². The number of phenols is 1. The first-order valence-corrected chi connectivity index (χ1v) is 19.2. The minimum absolute atomic E-state index is 0. The van der Waals surface area contributed by atoms with E-state index in [1.165, 1.54) is 0 Å². The first-order chi connectivity index (χ1) is 27.8. The maximum atomic E-state index is 11.0. The van der Waals surface area contributed by atoms with Gasteiger partial charge in [0.2, 0.25) is 0 Å². The van der Waals surface area contributed by atoms with Crippen molar-refractivity contribution in [3.63, 3.8) is 0 Å². The van der Waals surface area contributed by atoms with Crippen LogP contribution in [0.4, 0.5) is 0 Å². The van der Waals surface area contributed by atoms with E-state index in [4.69, 9.17) is 14.4 Å². The molecule has 0 radical (unpaired) electrons. The maximum Gasteiger partial charge on any atom is 0.128 e. The standard InChI is InChI=1S/C52H38N3O2.Pt/c1-52(2,3)35-31-43(40-22-11-13-30-47(40)56)53-44(32-35)41-26-16-29-46-48(41)54-51(55(46)45-28-12-10-21-36(45)33-17-6-4-7-18-33)42-27-15-25-39-38-24-14-23-37(49(38)57-50(39)42)34-19-8-5-9-20-34;/h4-26,28-32,56H,1-3H3;/q-1;. The molecule has 5 nitrogen and oxygen atoms in total. The number of nitrogens with zero attached hydrogens (tertiary/aromatic N) is 3. The molecule has 0 aliphatic carbocycles. The number of aromatic nitrogens is 3. The largest absolute Gasteiger partial charge is 0.507 e. The van der Waals surface area contributed by atoms with Crippen LogP contribution in [0.2, 0.25) is 0 Å². The van der Waals surface area contributed by atoms with Crippen molar-refractivity contribution in [2.75, 3.05) is 0 Å². The van der Waals surface area contributed by atoms with Crippen molar-refractivity contribution < 1.29 is 30.6 Å². The van der Waals surface area contributed by atoms with Crippen LogP contribution < -0.4 is 0 Å². The predicted molar refractivity (Wildman–Crippen MR) is 233 cm³/mol. The molecule has 0 unspecified atom stereocenters. The van der Waals surface area contributed by atoms with E-state index in [0.717, 1.165) is 83.3 Å². The molecule has 58 heavy (non-hydrogen) atoms. The molecule has 284 valence electrons. The predicted octanol–water partition coefficient (Wildman–Crippen LogP) is 13.5. The summed E-state index contributed by atoms with van der Waals surface area (Å²) in [6, 6.07) is 61.2. The smallest absolute Gasteiger partial charge is 0.128 e. The van der Waals surface area contributed by atoms with E-state index in [0.29, 0.717) is 17.1 Å². The molecule has 6 heteroatoms. The summed E-state index contributed by atoms with van der Waals surface area (Å²) in [5.41, 5.74) is 13.3. The van der Waals surface area contributed by atoms with Crippen LogP contribution >= 0.6 is 0 Å². The zero-order chi connectivity index (χ0) is 38.7. The van der Waals surface area contributed by atoms with Crippen LogP contribution in [0, 0.1) is 6.07 Å². The quantitative estimate of drug-likeness (QED) is 0.169. The molecule has 10 rings (SSSR count). The van der Waals surface area contributed by atoms with Crippen molar-refractivity contribution in [3.8, 4) is 67.6 Å². The summed E-state index contributed by atoms with van der Waals surface area (Å²) in [5, 5.41) is 13.0. The van der Waals surface area contributed by atoms with Crippen molar-refractivity contribution in [2.45, 2.75) is 26.2 Å². The van der Waals surface area contributed by atoms with Gasteiger partial charge in [0, 0.05) is 54.4 Å². The van der Waals surface area contributed by atoms with Gasteiger partial charge in [0.15, 0.2) is 0 Å². The number of pyridine rings is 1. The van der Waals surface area contributed by atoms with Crippen molar-refractivity contribution in [3.05, 3.63) is 181 Å². The first kappa shape index (κ1) is 37.0. The van der Waals surface area contributed by atoms with E-state index in [2.05, 4.69) is 159 Å². The van der Waals surface area contributed by atoms with Crippen LogP contribution in [-0.4, -0.2) is 19.6 Å². The normalized spacial score (nSPS) is 11.6. The van der Waals surface area contributed by atoms with Gasteiger partial charge in [0.1, 0.15) is 11.3 Å². The van der Waals surface area contributed by atoms with Gasteiger partial charge in [-0.25, -0.2) is 4.98 Å². The fourth-order valence-corrected chi connectivity index (χ4v) is 7.95. The zero-order valence-corrected chi connectivity index (χ0v) is 34.5. The van der Waals surface area contributed by atoms with Gasteiger partial charge in [-0.2, -0.15) is 0 Å². The fourth-order valence-electron chi connectivity index (χ4n) is 7.95. The number of rotatable bonds is 6. The minimum Gasteiger partial charge on any atom is -0.507 e. The second kappa shape index (κ2) is 14.8. The molecule has 10 aromatic rings. The van der Waals surface area contributed by atoms with Gasteiger partial charge in [0.05, 0.1) is 33.8 Å². The average Bonchev–Trinajstić information content (AvgIpc) is 3.83. The van der Waals surface area contributed by atoms with Gasteiger partial charge in [-0.15, -0.1) is 18.2 Å². The van der Waals surface area contributed by atoms with Crippen LogP contribution in [0.3, 0.4) is 0 Å². The van der Waals surface area contributed by atoms with E-state index in [1.54, 1.807) is 6.07 Å². The number of fused-ring (bicyclic) bond motifs is 4. The van der Waals surface area contributed by atoms with Gasteiger partial charge >= 0.3 is 0 Å². The molecule has 0 fully saturated rings. The Morgan fingerprint density at radius 3 is 1.88 bits per heavy atom. The molecule has 3 aromatic heterocycles. The Bertz CT molecular complexity index is 3120. The summed E-state index contributed by atoms with van der Waals surface area (Å²) in [5.74, 6) is 0.897. The van der Waals surface area contributed by atoms with E-state index in [1.807, 2.05) is 36.4 Å². The number of aromatic hydroxyl groups is 1. The maximum absolute atomic E-state index is 11.0. The molecule has 0 aliphatic rings. The van der Waals surface area contributed by atoms with Crippen molar-refractivity contribution in [1.82, 2.24) is 14.5 Å². The summed E-state index contributed by atoms with van der Waals surface area (Å²) < 4.78 is 9.19. The summed E-state index contributed by atoms with van der Waals surface area (Å²) in [6.07, 6.45) is 0. The molecule has 3 heterocycles. The number of hydrogen-bond donors (Lipinski definition) is 1. The Labute approximate surface area is 351 Å². The molecule has 0 saturated carbocycles. The van der Waals surface area contributed by atoms with Crippen molar-refractivity contribution >= 4 is 33.0 Å². The third-order valence-corrected chi connectivity index (χ3v) is 10.8. The molecule has 0 atom stereocenters. The Kier molecular flexibility index (Phi) is 9.42. The molecule has 0 spiro atoms. The SMILES string of the molecule is CC(C)(C)c1cc(-c2ccccc2O)nc(-c2cccc3c2nc(-c2[c-]ccc4c2oc2c(-c5ccccc5)cccc24)n3-c2ccccc2-c2ccccc2)c1.[Pt]. The zero-order valence-electron chi connectivity index (χ0n) is 32.2. The van der Waals surface area contributed by atoms with Crippen LogP contribution in [0.15, 0.2) is 174 Å². The third kappa shape index (κ3) is 6.33. The number of benzene rings is 7. The van der Waals surface area contributed by atoms with Gasteiger partial charge < -0.3 is 14.1 Å². The van der Waals surface area contributed by atoms with Gasteiger partial charge in [-0.3, -0.25) is 4.98 Å². The molecule has 0 amide bonds. The Hall–Kier alpha value is -6.55. The summed E-state index contributed by atoms with van der Waals surface area (Å²) in [6.45, 7) is 6.59. The molecular formula is C52H38N3O2Pt-. The number of hydrogen-bond acceptors (Lipinski definition) is 4. The summed E-state index contributed by atoms with van der Waals surface area (Å²) in [4.78, 5) is 10.8. The van der Waals surface area contributed by atoms with Gasteiger partial charge in [0.25, 0.3) is 0 Å². The van der Waals surface area contributed by atoms with Crippen LogP contribution in [0.5, 0.6) is 5.75 Å². The minimum atomic E-state index is -0.186. The molecular weight excluding hydrogens is 894 g/mol. The van der Waals surface area contributed by atoms with Crippen LogP contribution in [0.25, 0.3) is 94.8 Å². The molecule has 1 N–H and O–H groups in total. The van der Waals surface area contributed by atoms with Gasteiger partial charge in [-0.05, 0) is 58.5 Å². The Morgan fingerprint density at radius 1 is 0.569 bits per heavy atom. The van der Waals surface area contributed by atoms with E-state index in [-0.39, 0.29) is 32.2 Å². The summed E-state index contributed by atoms with van der Waals surface area (Å²) in [7, 11) is 0. The fraction of sp³-hybridized carbons (Fsp3) is 0.0769. The average molecular weight is 932 g/mol. The topological polar surface area (TPSA) is 64.1 Å². The second-order valence-corrected chi connectivity index (χ2v) is 15.5. The number of para-hydroxylation sites is 4. The van der Waals surface area contributed by atoms with Crippen LogP contribution in [-0.2, 0) is 26.5 Å². The van der Waals surface area contributed by atoms with Crippen LogP contribution in [0.1, 0.15) is 26.3 Å². The second-order valence-electron chi connectivity index (χ2n) is 15.5. The Morgan fingerprint density at radius 2 is 1.16 bits per heavy atom. The Balaban J connectivity index is 0.00000436. The third-order valence-electron chi connectivity index (χ3n) is 10.8. The van der Waals surface area contributed by atoms with Crippen molar-refractivity contribution in [1.29, 1.82) is 0 Å². The molecule has 0 saturated heterocycles. The number of phenolic OH excluding ortho intramolecular Hbond substituents is 1. The summed E-state index contributed by atoms with van der Waals surface area (Å²) >= 11 is 0. The van der Waals surface area contributed by atoms with Crippen molar-refractivity contribution in [2.24, 2.45) is 0 Å². The van der Waals surface area contributed by atoms with E-state index >= 15 is 0 Å². The van der Waals surface area contributed by atoms with E-state index < -0.39 is 0 Å². The molecule has 0 aliphatic heterocycles. The first-order valence-electron chi connectivity index (χ1n) is 19.2. The molecule has 0 bridgehead atoms. The molecule has 7 aromatic carbocycles. The monoisotopic (exact) mass is 931 g/mol. The van der Waals surface area contributed by atoms with Gasteiger partial charge in [-0.1, -0.05) is 153 Å².